The molecule has 1 aromatic rings. The van der Waals surface area contributed by atoms with Gasteiger partial charge >= 0.3 is 0 Å². The predicted molar refractivity (Wildman–Crippen MR) is 53.1 cm³/mol. The lowest BCUT2D eigenvalue weighted by atomic mass is 9.96. The van der Waals surface area contributed by atoms with E-state index in [1.807, 2.05) is 0 Å². The van der Waals surface area contributed by atoms with Crippen molar-refractivity contribution in [3.05, 3.63) is 29.3 Å². The topological polar surface area (TPSA) is 32.3 Å². The zero-order valence-electron chi connectivity index (χ0n) is 7.96. The number of phenolic OH excluding ortho intramolecular Hbond substituents is 1. The highest BCUT2D eigenvalue weighted by atomic mass is 19.1. The van der Waals surface area contributed by atoms with Gasteiger partial charge in [-0.3, -0.25) is 0 Å². The molecule has 1 aliphatic rings. The average molecular weight is 195 g/mol. The maximum atomic E-state index is 12.4. The molecule has 0 saturated carbocycles. The van der Waals surface area contributed by atoms with Crippen LogP contribution in [-0.2, 0) is 6.67 Å². The first-order valence-electron chi connectivity index (χ1n) is 4.89. The molecular weight excluding hydrogens is 181 g/mol. The van der Waals surface area contributed by atoms with E-state index in [0.717, 1.165) is 25.1 Å². The fourth-order valence-electron chi connectivity index (χ4n) is 1.93. The molecule has 1 aliphatic heterocycles. The van der Waals surface area contributed by atoms with Crippen molar-refractivity contribution >= 4 is 0 Å². The van der Waals surface area contributed by atoms with E-state index in [-0.39, 0.29) is 5.75 Å². The van der Waals surface area contributed by atoms with Gasteiger partial charge in [-0.05, 0) is 36.2 Å². The van der Waals surface area contributed by atoms with Gasteiger partial charge in [-0.25, -0.2) is 4.39 Å². The molecule has 1 aromatic carbocycles. The molecule has 2 rings (SSSR count). The van der Waals surface area contributed by atoms with E-state index in [4.69, 9.17) is 0 Å². The van der Waals surface area contributed by atoms with Gasteiger partial charge in [0.1, 0.15) is 12.4 Å². The highest BCUT2D eigenvalue weighted by Crippen LogP contribution is 2.30. The molecule has 2 N–H and O–H groups in total. The second-order valence-corrected chi connectivity index (χ2v) is 3.72. The largest absolute Gasteiger partial charge is 0.508 e. The maximum Gasteiger partial charge on any atom is 0.119 e. The highest BCUT2D eigenvalue weighted by molar-refractivity contribution is 5.39. The summed E-state index contributed by atoms with van der Waals surface area (Å²) in [5.41, 5.74) is 1.52. The molecule has 0 bridgehead atoms. The smallest absolute Gasteiger partial charge is 0.119 e. The van der Waals surface area contributed by atoms with Crippen LogP contribution in [0.5, 0.6) is 5.75 Å². The molecule has 1 fully saturated rings. The summed E-state index contributed by atoms with van der Waals surface area (Å²) in [6.07, 6.45) is 1.02. The Kier molecular flexibility index (Phi) is 2.68. The minimum absolute atomic E-state index is 0.288. The molecule has 0 aliphatic carbocycles. The van der Waals surface area contributed by atoms with Gasteiger partial charge < -0.3 is 10.4 Å². The average Bonchev–Trinajstić information content (AvgIpc) is 2.71. The highest BCUT2D eigenvalue weighted by Gasteiger charge is 2.19. The number of alkyl halides is 1. The summed E-state index contributed by atoms with van der Waals surface area (Å²) < 4.78 is 12.4. The molecular formula is C11H14FNO. The molecule has 2 nitrogen and oxygen atoms in total. The minimum atomic E-state index is -0.465. The lowest BCUT2D eigenvalue weighted by molar-refractivity contribution is 0.458. The zero-order valence-corrected chi connectivity index (χ0v) is 7.96. The molecule has 0 radical (unpaired) electrons. The van der Waals surface area contributed by atoms with Crippen molar-refractivity contribution in [3.63, 3.8) is 0 Å². The van der Waals surface area contributed by atoms with E-state index in [1.54, 1.807) is 18.2 Å². The van der Waals surface area contributed by atoms with Crippen molar-refractivity contribution in [3.8, 4) is 5.75 Å². The summed E-state index contributed by atoms with van der Waals surface area (Å²) in [5, 5.41) is 12.9. The minimum Gasteiger partial charge on any atom is -0.508 e. The number of aromatic hydroxyl groups is 1. The Morgan fingerprint density at radius 2 is 2.36 bits per heavy atom. The van der Waals surface area contributed by atoms with E-state index in [0.29, 0.717) is 11.5 Å². The van der Waals surface area contributed by atoms with Crippen LogP contribution in [0.2, 0.25) is 0 Å². The number of hydrogen-bond donors (Lipinski definition) is 2. The Morgan fingerprint density at radius 3 is 3.00 bits per heavy atom. The Morgan fingerprint density at radius 1 is 1.50 bits per heavy atom. The first kappa shape index (κ1) is 9.46. The normalized spacial score (nSPS) is 21.4. The van der Waals surface area contributed by atoms with Gasteiger partial charge in [0.2, 0.25) is 0 Å². The van der Waals surface area contributed by atoms with Gasteiger partial charge in [0, 0.05) is 12.5 Å². The summed E-state index contributed by atoms with van der Waals surface area (Å²) in [4.78, 5) is 0. The van der Waals surface area contributed by atoms with E-state index >= 15 is 0 Å². The van der Waals surface area contributed by atoms with Crippen molar-refractivity contribution in [2.24, 2.45) is 0 Å². The van der Waals surface area contributed by atoms with E-state index < -0.39 is 6.67 Å². The zero-order chi connectivity index (χ0) is 9.97. The van der Waals surface area contributed by atoms with Gasteiger partial charge in [0.25, 0.3) is 0 Å². The second-order valence-electron chi connectivity index (χ2n) is 3.72. The van der Waals surface area contributed by atoms with Crippen molar-refractivity contribution in [2.75, 3.05) is 13.1 Å². The van der Waals surface area contributed by atoms with Crippen molar-refractivity contribution in [2.45, 2.75) is 19.0 Å². The predicted octanol–water partition coefficient (Wildman–Crippen LogP) is 1.94. The Bertz CT molecular complexity index is 321. The third-order valence-corrected chi connectivity index (χ3v) is 2.75. The van der Waals surface area contributed by atoms with Crippen LogP contribution < -0.4 is 5.32 Å². The SMILES string of the molecule is Oc1ccc(CF)cc1C1CCNC1. The Balaban J connectivity index is 2.29. The fraction of sp³-hybridized carbons (Fsp3) is 0.455. The summed E-state index contributed by atoms with van der Waals surface area (Å²) in [7, 11) is 0. The summed E-state index contributed by atoms with van der Waals surface area (Å²) >= 11 is 0. The van der Waals surface area contributed by atoms with Crippen molar-refractivity contribution < 1.29 is 9.50 Å². The first-order chi connectivity index (χ1) is 6.81. The van der Waals surface area contributed by atoms with Crippen LogP contribution in [0.4, 0.5) is 4.39 Å². The summed E-state index contributed by atoms with van der Waals surface area (Å²) in [5.74, 6) is 0.623. The molecule has 14 heavy (non-hydrogen) atoms. The third kappa shape index (κ3) is 1.73. The lowest BCUT2D eigenvalue weighted by Gasteiger charge is -2.11. The summed E-state index contributed by atoms with van der Waals surface area (Å²) in [6, 6.07) is 4.98. The van der Waals surface area contributed by atoms with Gasteiger partial charge in [-0.1, -0.05) is 6.07 Å². The number of hydrogen-bond acceptors (Lipinski definition) is 2. The van der Waals surface area contributed by atoms with Crippen LogP contribution >= 0.6 is 0 Å². The van der Waals surface area contributed by atoms with Crippen LogP contribution in [0.15, 0.2) is 18.2 Å². The van der Waals surface area contributed by atoms with Crippen LogP contribution in [0.1, 0.15) is 23.5 Å². The maximum absolute atomic E-state index is 12.4. The number of nitrogens with one attached hydrogen (secondary N) is 1. The molecule has 3 heteroatoms. The standard InChI is InChI=1S/C11H14FNO/c12-6-8-1-2-11(14)10(5-8)9-3-4-13-7-9/h1-2,5,9,13-14H,3-4,6-7H2. The fourth-order valence-corrected chi connectivity index (χ4v) is 1.93. The number of benzene rings is 1. The number of rotatable bonds is 2. The quantitative estimate of drug-likeness (QED) is 0.755. The van der Waals surface area contributed by atoms with Crippen molar-refractivity contribution in [1.29, 1.82) is 0 Å². The number of phenols is 1. The molecule has 1 unspecified atom stereocenters. The van der Waals surface area contributed by atoms with Gasteiger partial charge in [-0.2, -0.15) is 0 Å². The Hall–Kier alpha value is -1.09. The third-order valence-electron chi connectivity index (χ3n) is 2.75. The lowest BCUT2D eigenvalue weighted by Crippen LogP contribution is -2.08. The Labute approximate surface area is 82.8 Å². The van der Waals surface area contributed by atoms with E-state index in [9.17, 15) is 9.50 Å². The van der Waals surface area contributed by atoms with Gasteiger partial charge in [-0.15, -0.1) is 0 Å². The molecule has 0 spiro atoms. The van der Waals surface area contributed by atoms with E-state index in [2.05, 4.69) is 5.32 Å². The van der Waals surface area contributed by atoms with Gasteiger partial charge in [0.15, 0.2) is 0 Å². The van der Waals surface area contributed by atoms with Crippen molar-refractivity contribution in [1.82, 2.24) is 5.32 Å². The van der Waals surface area contributed by atoms with Gasteiger partial charge in [0.05, 0.1) is 0 Å². The molecule has 1 atom stereocenters. The molecule has 0 aromatic heterocycles. The molecule has 1 saturated heterocycles. The first-order valence-corrected chi connectivity index (χ1v) is 4.89. The van der Waals surface area contributed by atoms with Crippen LogP contribution in [0, 0.1) is 0 Å². The molecule has 1 heterocycles. The van der Waals surface area contributed by atoms with Crippen LogP contribution in [0.25, 0.3) is 0 Å². The number of halogens is 1. The second kappa shape index (κ2) is 3.96. The van der Waals surface area contributed by atoms with Crippen LogP contribution in [0.3, 0.4) is 0 Å². The molecule has 0 amide bonds. The summed E-state index contributed by atoms with van der Waals surface area (Å²) in [6.45, 7) is 1.39. The van der Waals surface area contributed by atoms with Crippen LogP contribution in [-0.4, -0.2) is 18.2 Å². The van der Waals surface area contributed by atoms with E-state index in [1.165, 1.54) is 0 Å². The monoisotopic (exact) mass is 195 g/mol. The molecule has 76 valence electrons.